The summed E-state index contributed by atoms with van der Waals surface area (Å²) in [5, 5.41) is 11.5. The summed E-state index contributed by atoms with van der Waals surface area (Å²) in [7, 11) is 1.58. The molecule has 21 heavy (non-hydrogen) atoms. The number of nitrogens with one attached hydrogen (secondary N) is 1. The quantitative estimate of drug-likeness (QED) is 0.896. The van der Waals surface area contributed by atoms with E-state index in [1.807, 2.05) is 0 Å². The molecular formula is C14H17FN2O4. The van der Waals surface area contributed by atoms with Crippen LogP contribution in [0.3, 0.4) is 0 Å². The zero-order valence-electron chi connectivity index (χ0n) is 11.6. The molecule has 1 saturated heterocycles. The topological polar surface area (TPSA) is 78.9 Å². The fourth-order valence-electron chi connectivity index (χ4n) is 2.35. The molecule has 1 aromatic carbocycles. The second-order valence-electron chi connectivity index (χ2n) is 4.84. The average molecular weight is 296 g/mol. The van der Waals surface area contributed by atoms with E-state index in [0.717, 1.165) is 18.9 Å². The number of carbonyl (C=O) groups excluding carboxylic acids is 1. The summed E-state index contributed by atoms with van der Waals surface area (Å²) in [5.74, 6) is -2.30. The molecule has 7 heteroatoms. The molecule has 2 N–H and O–H groups in total. The van der Waals surface area contributed by atoms with Crippen LogP contribution in [0.1, 0.15) is 23.2 Å². The number of piperidine rings is 1. The number of halogens is 1. The van der Waals surface area contributed by atoms with E-state index in [0.29, 0.717) is 13.1 Å². The molecule has 2 amide bonds. The maximum Gasteiger partial charge on any atom is 0.340 e. The lowest BCUT2D eigenvalue weighted by Crippen LogP contribution is -2.45. The van der Waals surface area contributed by atoms with Crippen LogP contribution in [0.4, 0.5) is 14.9 Å². The van der Waals surface area contributed by atoms with Crippen molar-refractivity contribution in [2.24, 2.45) is 0 Å². The number of aromatic carboxylic acids is 1. The Labute approximate surface area is 121 Å². The monoisotopic (exact) mass is 296 g/mol. The average Bonchev–Trinajstić information content (AvgIpc) is 2.47. The third-order valence-electron chi connectivity index (χ3n) is 3.47. The first-order valence-electron chi connectivity index (χ1n) is 6.63. The lowest BCUT2D eigenvalue weighted by atomic mass is 10.1. The smallest absolute Gasteiger partial charge is 0.340 e. The minimum absolute atomic E-state index is 0.0315. The molecule has 1 aliphatic heterocycles. The number of hydrogen-bond donors (Lipinski definition) is 2. The van der Waals surface area contributed by atoms with Crippen molar-refractivity contribution in [2.75, 3.05) is 25.5 Å². The highest BCUT2D eigenvalue weighted by Crippen LogP contribution is 2.20. The van der Waals surface area contributed by atoms with Crippen LogP contribution in [0.5, 0.6) is 0 Å². The summed E-state index contributed by atoms with van der Waals surface area (Å²) in [6.45, 7) is 0.990. The van der Waals surface area contributed by atoms with Gasteiger partial charge in [-0.3, -0.25) is 0 Å². The molecule has 1 atom stereocenters. The van der Waals surface area contributed by atoms with E-state index in [9.17, 15) is 14.0 Å². The highest BCUT2D eigenvalue weighted by atomic mass is 19.1. The normalized spacial score (nSPS) is 18.4. The lowest BCUT2D eigenvalue weighted by molar-refractivity contribution is 0.0458. The van der Waals surface area contributed by atoms with Crippen LogP contribution in [0, 0.1) is 5.82 Å². The fourth-order valence-corrected chi connectivity index (χ4v) is 2.35. The highest BCUT2D eigenvalue weighted by Gasteiger charge is 2.25. The van der Waals surface area contributed by atoms with Crippen LogP contribution in [-0.4, -0.2) is 48.3 Å². The summed E-state index contributed by atoms with van der Waals surface area (Å²) < 4.78 is 18.8. The number of carboxylic acid groups (broad SMARTS) is 1. The van der Waals surface area contributed by atoms with Crippen LogP contribution >= 0.6 is 0 Å². The van der Waals surface area contributed by atoms with E-state index in [1.165, 1.54) is 17.0 Å². The Hall–Kier alpha value is -2.15. The zero-order chi connectivity index (χ0) is 15.4. The van der Waals surface area contributed by atoms with Gasteiger partial charge in [0, 0.05) is 20.2 Å². The Bertz CT molecular complexity index is 550. The minimum atomic E-state index is -1.42. The van der Waals surface area contributed by atoms with E-state index in [2.05, 4.69) is 5.32 Å². The van der Waals surface area contributed by atoms with E-state index < -0.39 is 23.4 Å². The van der Waals surface area contributed by atoms with Crippen molar-refractivity contribution >= 4 is 17.7 Å². The van der Waals surface area contributed by atoms with Gasteiger partial charge in [0.15, 0.2) is 0 Å². The molecule has 0 radical (unpaired) electrons. The molecule has 0 bridgehead atoms. The standard InChI is InChI=1S/C14H17FN2O4/c1-21-9-4-3-7-17(8-9)14(20)16-11-6-2-5-10(15)12(11)13(18)19/h2,5-6,9H,3-4,7-8H2,1H3,(H,16,20)(H,18,19). The summed E-state index contributed by atoms with van der Waals surface area (Å²) >= 11 is 0. The molecule has 6 nitrogen and oxygen atoms in total. The van der Waals surface area contributed by atoms with Gasteiger partial charge < -0.3 is 20.1 Å². The van der Waals surface area contributed by atoms with E-state index in [1.54, 1.807) is 7.11 Å². The van der Waals surface area contributed by atoms with Gasteiger partial charge in [0.05, 0.1) is 11.8 Å². The zero-order valence-corrected chi connectivity index (χ0v) is 11.6. The van der Waals surface area contributed by atoms with Gasteiger partial charge in [-0.1, -0.05) is 6.07 Å². The van der Waals surface area contributed by atoms with Crippen molar-refractivity contribution in [1.82, 2.24) is 4.90 Å². The summed E-state index contributed by atoms with van der Waals surface area (Å²) in [6, 6.07) is 3.30. The SMILES string of the molecule is COC1CCCN(C(=O)Nc2cccc(F)c2C(=O)O)C1. The lowest BCUT2D eigenvalue weighted by Gasteiger charge is -2.32. The van der Waals surface area contributed by atoms with Gasteiger partial charge >= 0.3 is 12.0 Å². The number of ether oxygens (including phenoxy) is 1. The largest absolute Gasteiger partial charge is 0.478 e. The highest BCUT2D eigenvalue weighted by molar-refractivity contribution is 6.00. The van der Waals surface area contributed by atoms with Crippen molar-refractivity contribution in [3.8, 4) is 0 Å². The number of carbonyl (C=O) groups is 2. The first-order chi connectivity index (χ1) is 10.0. The van der Waals surface area contributed by atoms with Gasteiger partial charge in [-0.2, -0.15) is 0 Å². The fraction of sp³-hybridized carbons (Fsp3) is 0.429. The number of benzene rings is 1. The number of carboxylic acids is 1. The minimum Gasteiger partial charge on any atom is -0.478 e. The van der Waals surface area contributed by atoms with Gasteiger partial charge in [-0.05, 0) is 25.0 Å². The van der Waals surface area contributed by atoms with Gasteiger partial charge in [-0.15, -0.1) is 0 Å². The van der Waals surface area contributed by atoms with Gasteiger partial charge in [0.1, 0.15) is 11.4 Å². The Morgan fingerprint density at radius 3 is 2.90 bits per heavy atom. The maximum absolute atomic E-state index is 13.5. The summed E-state index contributed by atoms with van der Waals surface area (Å²) in [4.78, 5) is 24.8. The molecule has 1 fully saturated rings. The van der Waals surface area contributed by atoms with Crippen molar-refractivity contribution < 1.29 is 23.8 Å². The van der Waals surface area contributed by atoms with Crippen molar-refractivity contribution in [2.45, 2.75) is 18.9 Å². The second-order valence-corrected chi connectivity index (χ2v) is 4.84. The van der Waals surface area contributed by atoms with E-state index in [4.69, 9.17) is 9.84 Å². The van der Waals surface area contributed by atoms with Crippen LogP contribution in [0.15, 0.2) is 18.2 Å². The molecule has 0 saturated carbocycles. The molecule has 114 valence electrons. The number of urea groups is 1. The molecule has 2 rings (SSSR count). The number of likely N-dealkylation sites (tertiary alicyclic amines) is 1. The van der Waals surface area contributed by atoms with Gasteiger partial charge in [0.25, 0.3) is 0 Å². The van der Waals surface area contributed by atoms with Crippen molar-refractivity contribution in [3.63, 3.8) is 0 Å². The molecule has 1 aliphatic rings. The van der Waals surface area contributed by atoms with Crippen molar-refractivity contribution in [3.05, 3.63) is 29.6 Å². The predicted molar refractivity (Wildman–Crippen MR) is 74.0 cm³/mol. The molecule has 1 unspecified atom stereocenters. The van der Waals surface area contributed by atoms with Crippen LogP contribution in [-0.2, 0) is 4.74 Å². The third-order valence-corrected chi connectivity index (χ3v) is 3.47. The van der Waals surface area contributed by atoms with Gasteiger partial charge in [0.2, 0.25) is 0 Å². The molecule has 1 aromatic rings. The Balaban J connectivity index is 2.13. The van der Waals surface area contributed by atoms with Crippen LogP contribution < -0.4 is 5.32 Å². The van der Waals surface area contributed by atoms with E-state index >= 15 is 0 Å². The number of anilines is 1. The molecule has 0 spiro atoms. The first kappa shape index (κ1) is 15.2. The van der Waals surface area contributed by atoms with Gasteiger partial charge in [-0.25, -0.2) is 14.0 Å². The number of nitrogens with zero attached hydrogens (tertiary/aromatic N) is 1. The molecule has 0 aliphatic carbocycles. The van der Waals surface area contributed by atoms with Crippen LogP contribution in [0.25, 0.3) is 0 Å². The summed E-state index contributed by atoms with van der Waals surface area (Å²) in [5.41, 5.74) is -0.585. The Morgan fingerprint density at radius 1 is 1.48 bits per heavy atom. The number of methoxy groups -OCH3 is 1. The third kappa shape index (κ3) is 3.49. The number of hydrogen-bond acceptors (Lipinski definition) is 3. The van der Waals surface area contributed by atoms with Crippen molar-refractivity contribution in [1.29, 1.82) is 0 Å². The first-order valence-corrected chi connectivity index (χ1v) is 6.63. The molecule has 0 aromatic heterocycles. The molecular weight excluding hydrogens is 279 g/mol. The second kappa shape index (κ2) is 6.53. The van der Waals surface area contributed by atoms with Crippen LogP contribution in [0.2, 0.25) is 0 Å². The van der Waals surface area contributed by atoms with E-state index in [-0.39, 0.29) is 11.8 Å². The number of rotatable bonds is 3. The summed E-state index contributed by atoms with van der Waals surface area (Å²) in [6.07, 6.45) is 1.65. The maximum atomic E-state index is 13.5. The predicted octanol–water partition coefficient (Wildman–Crippen LogP) is 2.17. The Morgan fingerprint density at radius 2 is 2.24 bits per heavy atom. The number of amides is 2. The molecule has 1 heterocycles. The Kier molecular flexibility index (Phi) is 4.74.